The van der Waals surface area contributed by atoms with Gasteiger partial charge in [-0.05, 0) is 29.2 Å². The molecule has 1 atom stereocenters. The minimum absolute atomic E-state index is 0.0116. The molecule has 0 radical (unpaired) electrons. The van der Waals surface area contributed by atoms with E-state index in [1.165, 1.54) is 0 Å². The number of fused-ring (bicyclic) bond motifs is 1. The van der Waals surface area contributed by atoms with Gasteiger partial charge in [0, 0.05) is 4.47 Å². The highest BCUT2D eigenvalue weighted by molar-refractivity contribution is 9.10. The molecule has 6 heteroatoms. The van der Waals surface area contributed by atoms with Crippen molar-refractivity contribution in [1.29, 1.82) is 0 Å². The summed E-state index contributed by atoms with van der Waals surface area (Å²) < 4.78 is 6.71. The van der Waals surface area contributed by atoms with Crippen molar-refractivity contribution in [3.63, 3.8) is 0 Å². The van der Waals surface area contributed by atoms with Crippen molar-refractivity contribution in [2.45, 2.75) is 12.5 Å². The van der Waals surface area contributed by atoms with Crippen molar-refractivity contribution in [3.8, 4) is 5.75 Å². The molecule has 0 spiro atoms. The molecule has 0 amide bonds. The first kappa shape index (κ1) is 14.3. The number of Topliss-reactive ketones (excluding diaryl/α,β-unsaturated/α-hetero) is 1. The highest BCUT2D eigenvalue weighted by atomic mass is 79.9. The van der Waals surface area contributed by atoms with Crippen molar-refractivity contribution < 1.29 is 19.6 Å². The maximum atomic E-state index is 12.2. The van der Waals surface area contributed by atoms with Crippen LogP contribution in [0.4, 0.5) is 0 Å². The van der Waals surface area contributed by atoms with Crippen LogP contribution < -0.4 is 10.2 Å². The lowest BCUT2D eigenvalue weighted by atomic mass is 9.79. The Morgan fingerprint density at radius 2 is 2.00 bits per heavy atom. The van der Waals surface area contributed by atoms with Gasteiger partial charge < -0.3 is 14.8 Å². The molecular weight excluding hydrogens is 335 g/mol. The maximum Gasteiger partial charge on any atom is 0.488 e. The second-order valence-corrected chi connectivity index (χ2v) is 5.83. The van der Waals surface area contributed by atoms with Gasteiger partial charge in [-0.1, -0.05) is 40.2 Å². The first-order chi connectivity index (χ1) is 10.0. The number of carbonyl (C=O) groups excluding carboxylic acids is 1. The monoisotopic (exact) mass is 346 g/mol. The average molecular weight is 347 g/mol. The van der Waals surface area contributed by atoms with E-state index in [1.807, 2.05) is 12.1 Å². The van der Waals surface area contributed by atoms with Gasteiger partial charge in [-0.15, -0.1) is 0 Å². The number of rotatable bonds is 2. The Morgan fingerprint density at radius 3 is 2.76 bits per heavy atom. The molecule has 0 aliphatic carbocycles. The molecule has 1 unspecified atom stereocenters. The summed E-state index contributed by atoms with van der Waals surface area (Å²) in [5.41, 5.74) is 1.70. The van der Waals surface area contributed by atoms with Gasteiger partial charge in [-0.2, -0.15) is 0 Å². The van der Waals surface area contributed by atoms with E-state index in [0.717, 1.165) is 10.0 Å². The Kier molecular flexibility index (Phi) is 3.84. The molecule has 1 aliphatic heterocycles. The van der Waals surface area contributed by atoms with E-state index in [9.17, 15) is 14.8 Å². The van der Waals surface area contributed by atoms with Crippen molar-refractivity contribution in [2.24, 2.45) is 0 Å². The summed E-state index contributed by atoms with van der Waals surface area (Å²) in [6, 6.07) is 12.1. The number of hydrogen-bond acceptors (Lipinski definition) is 4. The molecule has 2 aromatic rings. The summed E-state index contributed by atoms with van der Waals surface area (Å²) in [6.07, 6.45) is -0.182. The molecule has 3 rings (SSSR count). The number of ketones is 1. The standard InChI is InChI=1S/C15H12BBrO4/c17-11-4-5-14-12(7-11)13(18)8-15(21-14)9-2-1-3-10(6-9)16(19)20/h1-7,15,19-20H,8H2. The van der Waals surface area contributed by atoms with Gasteiger partial charge in [0.05, 0.1) is 12.0 Å². The van der Waals surface area contributed by atoms with Crippen LogP contribution in [0.3, 0.4) is 0 Å². The quantitative estimate of drug-likeness (QED) is 0.814. The minimum Gasteiger partial charge on any atom is -0.484 e. The molecule has 0 saturated carbocycles. The predicted molar refractivity (Wildman–Crippen MR) is 82.7 cm³/mol. The van der Waals surface area contributed by atoms with Crippen LogP contribution in [0.15, 0.2) is 46.9 Å². The minimum atomic E-state index is -1.53. The normalized spacial score (nSPS) is 17.1. The van der Waals surface area contributed by atoms with E-state index < -0.39 is 13.2 Å². The van der Waals surface area contributed by atoms with E-state index >= 15 is 0 Å². The molecule has 1 aliphatic rings. The van der Waals surface area contributed by atoms with Crippen molar-refractivity contribution in [1.82, 2.24) is 0 Å². The second-order valence-electron chi connectivity index (χ2n) is 4.92. The molecule has 2 N–H and O–H groups in total. The lowest BCUT2D eigenvalue weighted by molar-refractivity contribution is 0.0850. The smallest absolute Gasteiger partial charge is 0.484 e. The molecule has 4 nitrogen and oxygen atoms in total. The Balaban J connectivity index is 1.94. The fraction of sp³-hybridized carbons (Fsp3) is 0.133. The summed E-state index contributed by atoms with van der Waals surface area (Å²) in [6.45, 7) is 0. The van der Waals surface area contributed by atoms with E-state index in [-0.39, 0.29) is 12.2 Å². The zero-order chi connectivity index (χ0) is 15.0. The highest BCUT2D eigenvalue weighted by Gasteiger charge is 2.28. The summed E-state index contributed by atoms with van der Waals surface area (Å²) in [7, 11) is -1.53. The number of benzene rings is 2. The summed E-state index contributed by atoms with van der Waals surface area (Å²) in [5.74, 6) is 0.562. The van der Waals surface area contributed by atoms with Crippen LogP contribution in [-0.2, 0) is 0 Å². The van der Waals surface area contributed by atoms with Crippen LogP contribution in [0.5, 0.6) is 5.75 Å². The van der Waals surface area contributed by atoms with Crippen LogP contribution in [0.25, 0.3) is 0 Å². The summed E-state index contributed by atoms with van der Waals surface area (Å²) >= 11 is 3.34. The zero-order valence-electron chi connectivity index (χ0n) is 11.0. The fourth-order valence-corrected chi connectivity index (χ4v) is 2.76. The van der Waals surface area contributed by atoms with Gasteiger partial charge >= 0.3 is 7.12 Å². The SMILES string of the molecule is O=C1CC(c2cccc(B(O)O)c2)Oc2ccc(Br)cc21. The molecule has 2 aromatic carbocycles. The van der Waals surface area contributed by atoms with Gasteiger partial charge in [-0.25, -0.2) is 0 Å². The number of ether oxygens (including phenoxy) is 1. The molecule has 0 saturated heterocycles. The largest absolute Gasteiger partial charge is 0.488 e. The number of halogens is 1. The third kappa shape index (κ3) is 2.88. The maximum absolute atomic E-state index is 12.2. The molecule has 21 heavy (non-hydrogen) atoms. The summed E-state index contributed by atoms with van der Waals surface area (Å²) in [4.78, 5) is 12.2. The predicted octanol–water partition coefficient (Wildman–Crippen LogP) is 1.84. The Labute approximate surface area is 130 Å². The van der Waals surface area contributed by atoms with Gasteiger partial charge in [0.15, 0.2) is 5.78 Å². The molecule has 1 heterocycles. The Morgan fingerprint density at radius 1 is 1.19 bits per heavy atom. The van der Waals surface area contributed by atoms with Crippen molar-refractivity contribution in [3.05, 3.63) is 58.1 Å². The van der Waals surface area contributed by atoms with Crippen LogP contribution in [0.2, 0.25) is 0 Å². The van der Waals surface area contributed by atoms with Gasteiger partial charge in [0.1, 0.15) is 11.9 Å². The van der Waals surface area contributed by atoms with Gasteiger partial charge in [-0.3, -0.25) is 4.79 Å². The first-order valence-electron chi connectivity index (χ1n) is 6.50. The third-order valence-corrected chi connectivity index (χ3v) is 3.96. The first-order valence-corrected chi connectivity index (χ1v) is 7.29. The van der Waals surface area contributed by atoms with E-state index in [2.05, 4.69) is 15.9 Å². The van der Waals surface area contributed by atoms with Crippen LogP contribution >= 0.6 is 15.9 Å². The van der Waals surface area contributed by atoms with Crippen molar-refractivity contribution in [2.75, 3.05) is 0 Å². The molecule has 0 aromatic heterocycles. The highest BCUT2D eigenvalue weighted by Crippen LogP contribution is 2.35. The number of hydrogen-bond donors (Lipinski definition) is 2. The van der Waals surface area contributed by atoms with Crippen LogP contribution in [0, 0.1) is 0 Å². The van der Waals surface area contributed by atoms with Crippen molar-refractivity contribution >= 4 is 34.3 Å². The molecule has 0 bridgehead atoms. The van der Waals surface area contributed by atoms with E-state index in [1.54, 1.807) is 30.3 Å². The lowest BCUT2D eigenvalue weighted by Gasteiger charge is -2.26. The fourth-order valence-electron chi connectivity index (χ4n) is 2.40. The van der Waals surface area contributed by atoms with Gasteiger partial charge in [0.2, 0.25) is 0 Å². The zero-order valence-corrected chi connectivity index (χ0v) is 12.6. The van der Waals surface area contributed by atoms with E-state index in [0.29, 0.717) is 16.8 Å². The summed E-state index contributed by atoms with van der Waals surface area (Å²) in [5, 5.41) is 18.5. The molecule has 106 valence electrons. The van der Waals surface area contributed by atoms with E-state index in [4.69, 9.17) is 4.74 Å². The Bertz CT molecular complexity index is 702. The molecule has 0 fully saturated rings. The van der Waals surface area contributed by atoms with Crippen LogP contribution in [0.1, 0.15) is 28.4 Å². The topological polar surface area (TPSA) is 66.8 Å². The van der Waals surface area contributed by atoms with Gasteiger partial charge in [0.25, 0.3) is 0 Å². The lowest BCUT2D eigenvalue weighted by Crippen LogP contribution is -2.30. The third-order valence-electron chi connectivity index (χ3n) is 3.46. The molecular formula is C15H12BBrO4. The second kappa shape index (κ2) is 5.64. The number of carbonyl (C=O) groups is 1. The van der Waals surface area contributed by atoms with Crippen LogP contribution in [-0.4, -0.2) is 22.9 Å². The average Bonchev–Trinajstić information content (AvgIpc) is 2.48. The Hall–Kier alpha value is -1.63.